The molecule has 4 rings (SSSR count). The number of pyridine rings is 1. The van der Waals surface area contributed by atoms with Crippen LogP contribution >= 0.6 is 0 Å². The highest BCUT2D eigenvalue weighted by Crippen LogP contribution is 2.31. The standard InChI is InChI=1S/C22H21F6N7O/c23-21(24,25)14-36-20-32-18(30-17-3-1-2-16(12-17)22(26,27)28)31-19(33-20)35-10-8-34(9-11-35)13-15-4-6-29-7-5-15/h1-7,12H,8-11,13-14H2,(H,30,31,32,33). The molecule has 0 saturated carbocycles. The van der Waals surface area contributed by atoms with E-state index in [1.54, 1.807) is 17.3 Å². The first-order chi connectivity index (χ1) is 17.0. The van der Waals surface area contributed by atoms with Crippen LogP contribution in [0.5, 0.6) is 6.01 Å². The Bertz CT molecular complexity index is 1150. The summed E-state index contributed by atoms with van der Waals surface area (Å²) in [4.78, 5) is 20.0. The first kappa shape index (κ1) is 25.4. The largest absolute Gasteiger partial charge is 0.454 e. The molecule has 0 radical (unpaired) electrons. The molecule has 1 N–H and O–H groups in total. The van der Waals surface area contributed by atoms with E-state index in [4.69, 9.17) is 4.74 Å². The minimum atomic E-state index is -4.62. The van der Waals surface area contributed by atoms with Gasteiger partial charge in [0.25, 0.3) is 0 Å². The van der Waals surface area contributed by atoms with Crippen molar-refractivity contribution in [1.82, 2.24) is 24.8 Å². The molecule has 3 heterocycles. The van der Waals surface area contributed by atoms with E-state index in [-0.39, 0.29) is 17.6 Å². The molecule has 1 aromatic carbocycles. The topological polar surface area (TPSA) is 79.3 Å². The third-order valence-electron chi connectivity index (χ3n) is 5.22. The molecule has 14 heteroatoms. The summed E-state index contributed by atoms with van der Waals surface area (Å²) in [7, 11) is 0. The van der Waals surface area contributed by atoms with Gasteiger partial charge in [-0.05, 0) is 35.9 Å². The van der Waals surface area contributed by atoms with E-state index in [0.29, 0.717) is 32.7 Å². The highest BCUT2D eigenvalue weighted by atomic mass is 19.4. The van der Waals surface area contributed by atoms with Crippen LogP contribution in [0.25, 0.3) is 0 Å². The van der Waals surface area contributed by atoms with Crippen LogP contribution in [0.15, 0.2) is 48.8 Å². The molecule has 3 aromatic rings. The molecule has 0 atom stereocenters. The van der Waals surface area contributed by atoms with Gasteiger partial charge in [0.2, 0.25) is 11.9 Å². The van der Waals surface area contributed by atoms with Gasteiger partial charge >= 0.3 is 18.4 Å². The highest BCUT2D eigenvalue weighted by molar-refractivity contribution is 5.56. The Kier molecular flexibility index (Phi) is 7.43. The van der Waals surface area contributed by atoms with Crippen molar-refractivity contribution in [2.24, 2.45) is 0 Å². The third-order valence-corrected chi connectivity index (χ3v) is 5.22. The van der Waals surface area contributed by atoms with Gasteiger partial charge in [0, 0.05) is 50.8 Å². The molecule has 192 valence electrons. The Morgan fingerprint density at radius 3 is 2.28 bits per heavy atom. The number of alkyl halides is 6. The van der Waals surface area contributed by atoms with Crippen molar-refractivity contribution < 1.29 is 31.1 Å². The number of halogens is 6. The molecule has 1 saturated heterocycles. The monoisotopic (exact) mass is 513 g/mol. The summed E-state index contributed by atoms with van der Waals surface area (Å²) in [5.74, 6) is -0.184. The van der Waals surface area contributed by atoms with Gasteiger partial charge in [-0.15, -0.1) is 0 Å². The van der Waals surface area contributed by atoms with Crippen molar-refractivity contribution in [1.29, 1.82) is 0 Å². The van der Waals surface area contributed by atoms with E-state index in [1.807, 2.05) is 12.1 Å². The zero-order valence-corrected chi connectivity index (χ0v) is 18.7. The van der Waals surface area contributed by atoms with Gasteiger partial charge in [0.1, 0.15) is 0 Å². The first-order valence-corrected chi connectivity index (χ1v) is 10.8. The minimum Gasteiger partial charge on any atom is -0.454 e. The van der Waals surface area contributed by atoms with Crippen LogP contribution in [0.3, 0.4) is 0 Å². The first-order valence-electron chi connectivity index (χ1n) is 10.8. The van der Waals surface area contributed by atoms with Crippen LogP contribution in [0.1, 0.15) is 11.1 Å². The molecular weight excluding hydrogens is 492 g/mol. The smallest absolute Gasteiger partial charge is 0.422 e. The molecule has 0 aliphatic carbocycles. The number of benzene rings is 1. The number of hydrogen-bond donors (Lipinski definition) is 1. The molecule has 0 bridgehead atoms. The Hall–Kier alpha value is -3.68. The van der Waals surface area contributed by atoms with Gasteiger partial charge in [-0.3, -0.25) is 9.88 Å². The Labute approximate surface area is 202 Å². The number of piperazine rings is 1. The summed E-state index contributed by atoms with van der Waals surface area (Å²) in [5.41, 5.74) is 0.195. The molecule has 0 unspecified atom stereocenters. The van der Waals surface area contributed by atoms with E-state index in [9.17, 15) is 26.3 Å². The van der Waals surface area contributed by atoms with Gasteiger partial charge in [-0.2, -0.15) is 41.3 Å². The van der Waals surface area contributed by atoms with Crippen LogP contribution in [0.2, 0.25) is 0 Å². The Morgan fingerprint density at radius 1 is 0.889 bits per heavy atom. The molecule has 0 amide bonds. The van der Waals surface area contributed by atoms with Crippen molar-refractivity contribution in [2.45, 2.75) is 18.9 Å². The average molecular weight is 513 g/mol. The lowest BCUT2D eigenvalue weighted by Gasteiger charge is -2.34. The number of nitrogens with one attached hydrogen (secondary N) is 1. The second-order valence-electron chi connectivity index (χ2n) is 7.97. The van der Waals surface area contributed by atoms with Crippen molar-refractivity contribution in [2.75, 3.05) is 43.0 Å². The Morgan fingerprint density at radius 2 is 1.61 bits per heavy atom. The van der Waals surface area contributed by atoms with Gasteiger partial charge in [-0.25, -0.2) is 0 Å². The van der Waals surface area contributed by atoms with Crippen molar-refractivity contribution in [3.05, 3.63) is 59.9 Å². The summed E-state index contributed by atoms with van der Waals surface area (Å²) < 4.78 is 81.9. The predicted octanol–water partition coefficient (Wildman–Crippen LogP) is 4.29. The second-order valence-corrected chi connectivity index (χ2v) is 7.97. The molecule has 1 fully saturated rings. The van der Waals surface area contributed by atoms with Crippen molar-refractivity contribution in [3.63, 3.8) is 0 Å². The molecule has 1 aliphatic heterocycles. The number of anilines is 3. The predicted molar refractivity (Wildman–Crippen MR) is 118 cm³/mol. The fraction of sp³-hybridized carbons (Fsp3) is 0.364. The maximum Gasteiger partial charge on any atom is 0.422 e. The van der Waals surface area contributed by atoms with E-state index in [0.717, 1.165) is 17.7 Å². The number of aromatic nitrogens is 4. The summed E-state index contributed by atoms with van der Waals surface area (Å²) >= 11 is 0. The number of rotatable bonds is 7. The highest BCUT2D eigenvalue weighted by Gasteiger charge is 2.31. The quantitative estimate of drug-likeness (QED) is 0.469. The maximum atomic E-state index is 13.0. The summed E-state index contributed by atoms with van der Waals surface area (Å²) in [6, 6.07) is 7.52. The van der Waals surface area contributed by atoms with Crippen LogP contribution in [-0.4, -0.2) is 63.8 Å². The average Bonchev–Trinajstić information content (AvgIpc) is 2.83. The number of nitrogens with zero attached hydrogens (tertiary/aromatic N) is 6. The molecule has 36 heavy (non-hydrogen) atoms. The van der Waals surface area contributed by atoms with Crippen molar-refractivity contribution in [3.8, 4) is 6.01 Å². The summed E-state index contributed by atoms with van der Waals surface area (Å²) in [5, 5.41) is 2.61. The molecule has 0 spiro atoms. The van der Waals surface area contributed by atoms with E-state index in [1.165, 1.54) is 12.1 Å². The van der Waals surface area contributed by atoms with Gasteiger partial charge in [-0.1, -0.05) is 6.07 Å². The molecule has 2 aromatic heterocycles. The van der Waals surface area contributed by atoms with Gasteiger partial charge in [0.15, 0.2) is 6.61 Å². The van der Waals surface area contributed by atoms with Crippen LogP contribution in [-0.2, 0) is 12.7 Å². The van der Waals surface area contributed by atoms with Crippen LogP contribution in [0.4, 0.5) is 43.9 Å². The van der Waals surface area contributed by atoms with Crippen LogP contribution in [0, 0.1) is 0 Å². The number of ether oxygens (including phenoxy) is 1. The summed E-state index contributed by atoms with van der Waals surface area (Å²) in [6.45, 7) is 1.27. The molecule has 8 nitrogen and oxygen atoms in total. The minimum absolute atomic E-state index is 0.00548. The molecule has 1 aliphatic rings. The second kappa shape index (κ2) is 10.5. The zero-order valence-electron chi connectivity index (χ0n) is 18.7. The number of hydrogen-bond acceptors (Lipinski definition) is 8. The molecular formula is C22H21F6N7O. The zero-order chi connectivity index (χ0) is 25.8. The van der Waals surface area contributed by atoms with Gasteiger partial charge < -0.3 is 15.0 Å². The lowest BCUT2D eigenvalue weighted by molar-refractivity contribution is -0.154. The summed E-state index contributed by atoms with van der Waals surface area (Å²) in [6.07, 6.45) is -5.78. The lowest BCUT2D eigenvalue weighted by atomic mass is 10.2. The SMILES string of the molecule is FC(F)(F)COc1nc(Nc2cccc(C(F)(F)F)c2)nc(N2CCN(Cc3ccncc3)CC2)n1. The van der Waals surface area contributed by atoms with Crippen molar-refractivity contribution >= 4 is 17.6 Å². The fourth-order valence-corrected chi connectivity index (χ4v) is 3.51. The van der Waals surface area contributed by atoms with E-state index >= 15 is 0 Å². The van der Waals surface area contributed by atoms with Gasteiger partial charge in [0.05, 0.1) is 5.56 Å². The van der Waals surface area contributed by atoms with E-state index in [2.05, 4.69) is 30.2 Å². The normalized spacial score (nSPS) is 15.1. The Balaban J connectivity index is 1.51. The third kappa shape index (κ3) is 7.16. The maximum absolute atomic E-state index is 13.0. The fourth-order valence-electron chi connectivity index (χ4n) is 3.51. The lowest BCUT2D eigenvalue weighted by Crippen LogP contribution is -2.46. The van der Waals surface area contributed by atoms with Crippen LogP contribution < -0.4 is 15.0 Å². The van der Waals surface area contributed by atoms with E-state index < -0.39 is 30.5 Å².